The molecule has 0 radical (unpaired) electrons. The first-order chi connectivity index (χ1) is 11.7. The molecule has 1 saturated heterocycles. The van der Waals surface area contributed by atoms with Gasteiger partial charge in [0.05, 0.1) is 13.2 Å². The molecule has 0 aliphatic carbocycles. The molecule has 6 nitrogen and oxygen atoms in total. The molecule has 2 heterocycles. The maximum atomic E-state index is 12.4. The van der Waals surface area contributed by atoms with Crippen molar-refractivity contribution in [1.29, 1.82) is 0 Å². The Hall–Kier alpha value is -2.08. The highest BCUT2D eigenvalue weighted by atomic mass is 16.5. The van der Waals surface area contributed by atoms with Gasteiger partial charge in [-0.25, -0.2) is 0 Å². The lowest BCUT2D eigenvalue weighted by molar-refractivity contribution is -0.132. The number of amides is 1. The van der Waals surface area contributed by atoms with Gasteiger partial charge >= 0.3 is 0 Å². The Bertz CT molecular complexity index is 596. The van der Waals surface area contributed by atoms with Crippen molar-refractivity contribution < 1.29 is 9.53 Å². The number of carbonyl (C=O) groups excluding carboxylic acids is 1. The van der Waals surface area contributed by atoms with Gasteiger partial charge in [-0.2, -0.15) is 0 Å². The lowest BCUT2D eigenvalue weighted by atomic mass is 9.99. The molecule has 0 unspecified atom stereocenters. The van der Waals surface area contributed by atoms with Crippen molar-refractivity contribution >= 4 is 11.9 Å². The average molecular weight is 330 g/mol. The zero-order chi connectivity index (χ0) is 16.8. The Kier molecular flexibility index (Phi) is 5.69. The van der Waals surface area contributed by atoms with Crippen LogP contribution in [0.2, 0.25) is 0 Å². The molecule has 1 fully saturated rings. The molecule has 6 heteroatoms. The molecule has 130 valence electrons. The fourth-order valence-corrected chi connectivity index (χ4v) is 3.18. The van der Waals surface area contributed by atoms with Crippen molar-refractivity contribution in [1.82, 2.24) is 9.80 Å². The number of benzene rings is 1. The number of guanidine groups is 1. The number of carbonyl (C=O) groups is 1. The maximum absolute atomic E-state index is 12.4. The van der Waals surface area contributed by atoms with E-state index in [1.165, 1.54) is 11.1 Å². The molecule has 24 heavy (non-hydrogen) atoms. The second kappa shape index (κ2) is 8.15. The topological polar surface area (TPSA) is 71.2 Å². The van der Waals surface area contributed by atoms with Crippen LogP contribution in [0.4, 0.5) is 0 Å². The van der Waals surface area contributed by atoms with E-state index in [0.717, 1.165) is 39.0 Å². The minimum atomic E-state index is 0.213. The summed E-state index contributed by atoms with van der Waals surface area (Å²) >= 11 is 0. The lowest BCUT2D eigenvalue weighted by Crippen LogP contribution is -2.44. The molecule has 0 spiro atoms. The Balaban J connectivity index is 1.41. The van der Waals surface area contributed by atoms with E-state index < -0.39 is 0 Å². The van der Waals surface area contributed by atoms with Gasteiger partial charge in [-0.3, -0.25) is 9.79 Å². The third kappa shape index (κ3) is 4.26. The normalized spacial score (nSPS) is 18.4. The van der Waals surface area contributed by atoms with E-state index in [1.54, 1.807) is 0 Å². The van der Waals surface area contributed by atoms with Crippen LogP contribution in [0.25, 0.3) is 0 Å². The molecular weight excluding hydrogens is 304 g/mol. The molecule has 2 aliphatic heterocycles. The van der Waals surface area contributed by atoms with Crippen LogP contribution >= 0.6 is 0 Å². The van der Waals surface area contributed by atoms with Gasteiger partial charge < -0.3 is 20.3 Å². The Morgan fingerprint density at radius 3 is 2.67 bits per heavy atom. The predicted octanol–water partition coefficient (Wildman–Crippen LogP) is 0.998. The third-order valence-corrected chi connectivity index (χ3v) is 4.64. The Morgan fingerprint density at radius 1 is 1.12 bits per heavy atom. The monoisotopic (exact) mass is 330 g/mol. The van der Waals surface area contributed by atoms with Crippen molar-refractivity contribution in [2.45, 2.75) is 25.8 Å². The summed E-state index contributed by atoms with van der Waals surface area (Å²) in [4.78, 5) is 20.8. The van der Waals surface area contributed by atoms with Gasteiger partial charge in [-0.1, -0.05) is 24.3 Å². The summed E-state index contributed by atoms with van der Waals surface area (Å²) in [5.74, 6) is 0.780. The molecule has 0 aromatic heterocycles. The van der Waals surface area contributed by atoms with E-state index in [4.69, 9.17) is 10.5 Å². The highest BCUT2D eigenvalue weighted by Gasteiger charge is 2.19. The van der Waals surface area contributed by atoms with Crippen LogP contribution < -0.4 is 5.73 Å². The van der Waals surface area contributed by atoms with Crippen molar-refractivity contribution in [3.63, 3.8) is 0 Å². The number of hydrogen-bond acceptors (Lipinski definition) is 3. The minimum Gasteiger partial charge on any atom is -0.378 e. The fraction of sp³-hybridized carbons (Fsp3) is 0.556. The predicted molar refractivity (Wildman–Crippen MR) is 93.7 cm³/mol. The van der Waals surface area contributed by atoms with Gasteiger partial charge in [0, 0.05) is 39.1 Å². The summed E-state index contributed by atoms with van der Waals surface area (Å²) in [6.07, 6.45) is 2.22. The van der Waals surface area contributed by atoms with E-state index in [9.17, 15) is 4.79 Å². The lowest BCUT2D eigenvalue weighted by Gasteiger charge is -2.29. The van der Waals surface area contributed by atoms with Gasteiger partial charge in [0.15, 0.2) is 5.96 Å². The van der Waals surface area contributed by atoms with E-state index in [-0.39, 0.29) is 5.91 Å². The number of aliphatic imine (C=N–C) groups is 1. The SMILES string of the molecule is NC(=NCCCC(=O)N1CCc2ccccc2C1)N1CCOCC1. The van der Waals surface area contributed by atoms with Crippen molar-refractivity contribution in [3.05, 3.63) is 35.4 Å². The highest BCUT2D eigenvalue weighted by molar-refractivity contribution is 5.78. The molecule has 0 bridgehead atoms. The first kappa shape index (κ1) is 16.8. The summed E-state index contributed by atoms with van der Waals surface area (Å²) < 4.78 is 5.30. The molecule has 1 aromatic carbocycles. The zero-order valence-corrected chi connectivity index (χ0v) is 14.1. The highest BCUT2D eigenvalue weighted by Crippen LogP contribution is 2.19. The number of nitrogens with zero attached hydrogens (tertiary/aromatic N) is 3. The molecule has 1 aromatic rings. The standard InChI is InChI=1S/C18H26N4O2/c19-18(21-10-12-24-13-11-21)20-8-3-6-17(23)22-9-7-15-4-1-2-5-16(15)14-22/h1-2,4-5H,3,6-14H2,(H2,19,20). The summed E-state index contributed by atoms with van der Waals surface area (Å²) in [7, 11) is 0. The molecule has 3 rings (SSSR count). The quantitative estimate of drug-likeness (QED) is 0.508. The maximum Gasteiger partial charge on any atom is 0.222 e. The van der Waals surface area contributed by atoms with E-state index in [0.29, 0.717) is 32.1 Å². The van der Waals surface area contributed by atoms with E-state index in [1.807, 2.05) is 15.9 Å². The summed E-state index contributed by atoms with van der Waals surface area (Å²) in [5, 5.41) is 0. The molecule has 0 saturated carbocycles. The minimum absolute atomic E-state index is 0.213. The van der Waals surface area contributed by atoms with Gasteiger partial charge in [0.25, 0.3) is 0 Å². The van der Waals surface area contributed by atoms with Crippen molar-refractivity contribution in [3.8, 4) is 0 Å². The van der Waals surface area contributed by atoms with Crippen LogP contribution in [-0.4, -0.2) is 61.1 Å². The van der Waals surface area contributed by atoms with Crippen LogP contribution in [0, 0.1) is 0 Å². The van der Waals surface area contributed by atoms with Crippen LogP contribution in [0.3, 0.4) is 0 Å². The van der Waals surface area contributed by atoms with Crippen LogP contribution in [-0.2, 0) is 22.5 Å². The Labute approximate surface area is 143 Å². The van der Waals surface area contributed by atoms with Gasteiger partial charge in [0.2, 0.25) is 5.91 Å². The van der Waals surface area contributed by atoms with Crippen molar-refractivity contribution in [2.75, 3.05) is 39.4 Å². The summed E-state index contributed by atoms with van der Waals surface area (Å²) in [5.41, 5.74) is 8.62. The number of fused-ring (bicyclic) bond motifs is 1. The molecule has 1 amide bonds. The summed E-state index contributed by atoms with van der Waals surface area (Å²) in [6, 6.07) is 8.37. The molecule has 2 N–H and O–H groups in total. The second-order valence-corrected chi connectivity index (χ2v) is 6.28. The first-order valence-electron chi connectivity index (χ1n) is 8.71. The smallest absolute Gasteiger partial charge is 0.222 e. The average Bonchev–Trinajstić information content (AvgIpc) is 2.65. The first-order valence-corrected chi connectivity index (χ1v) is 8.71. The number of nitrogens with two attached hydrogens (primary N) is 1. The zero-order valence-electron chi connectivity index (χ0n) is 14.1. The van der Waals surface area contributed by atoms with Crippen molar-refractivity contribution in [2.24, 2.45) is 10.7 Å². The largest absolute Gasteiger partial charge is 0.378 e. The van der Waals surface area contributed by atoms with E-state index in [2.05, 4.69) is 23.2 Å². The van der Waals surface area contributed by atoms with E-state index >= 15 is 0 Å². The Morgan fingerprint density at radius 2 is 1.88 bits per heavy atom. The second-order valence-electron chi connectivity index (χ2n) is 6.28. The number of rotatable bonds is 4. The van der Waals surface area contributed by atoms with Gasteiger partial charge in [-0.15, -0.1) is 0 Å². The molecule has 2 aliphatic rings. The molecular formula is C18H26N4O2. The van der Waals surface area contributed by atoms with Crippen LogP contribution in [0.5, 0.6) is 0 Å². The van der Waals surface area contributed by atoms with Gasteiger partial charge in [-0.05, 0) is 24.0 Å². The van der Waals surface area contributed by atoms with Crippen LogP contribution in [0.1, 0.15) is 24.0 Å². The number of ether oxygens (including phenoxy) is 1. The van der Waals surface area contributed by atoms with Crippen LogP contribution in [0.15, 0.2) is 29.3 Å². The molecule has 0 atom stereocenters. The summed E-state index contributed by atoms with van der Waals surface area (Å²) in [6.45, 7) is 5.13. The van der Waals surface area contributed by atoms with Gasteiger partial charge in [0.1, 0.15) is 0 Å². The fourth-order valence-electron chi connectivity index (χ4n) is 3.18. The third-order valence-electron chi connectivity index (χ3n) is 4.64. The number of hydrogen-bond donors (Lipinski definition) is 1. The number of morpholine rings is 1.